The van der Waals surface area contributed by atoms with Crippen molar-refractivity contribution < 1.29 is 17.6 Å². The molecule has 0 N–H and O–H groups in total. The smallest absolute Gasteiger partial charge is 0.270 e. The Morgan fingerprint density at radius 2 is 1.91 bits per heavy atom. The van der Waals surface area contributed by atoms with E-state index < -0.39 is 15.9 Å². The van der Waals surface area contributed by atoms with E-state index in [0.717, 1.165) is 9.87 Å². The molecule has 0 saturated carbocycles. The van der Waals surface area contributed by atoms with Gasteiger partial charge in [-0.05, 0) is 31.2 Å². The van der Waals surface area contributed by atoms with Crippen molar-refractivity contribution in [3.05, 3.63) is 66.3 Å². The van der Waals surface area contributed by atoms with Gasteiger partial charge in [0.15, 0.2) is 0 Å². The van der Waals surface area contributed by atoms with Crippen LogP contribution >= 0.6 is 0 Å². The maximum absolute atomic E-state index is 12.5. The molecule has 1 unspecified atom stereocenters. The van der Waals surface area contributed by atoms with Gasteiger partial charge in [0.2, 0.25) is 5.91 Å². The summed E-state index contributed by atoms with van der Waals surface area (Å²) in [5, 5.41) is 0. The summed E-state index contributed by atoms with van der Waals surface area (Å²) in [7, 11) is -3.85. The molecular formula is C16H15NO4S. The van der Waals surface area contributed by atoms with Gasteiger partial charge in [0.25, 0.3) is 10.0 Å². The second-order valence-corrected chi connectivity index (χ2v) is 6.99. The number of sulfonamides is 1. The maximum atomic E-state index is 12.5. The Kier molecular flexibility index (Phi) is 3.62. The first-order chi connectivity index (χ1) is 10.5. The van der Waals surface area contributed by atoms with Crippen molar-refractivity contribution >= 4 is 15.9 Å². The van der Waals surface area contributed by atoms with Gasteiger partial charge >= 0.3 is 0 Å². The molecule has 22 heavy (non-hydrogen) atoms. The number of carbonyl (C=O) groups is 1. The van der Waals surface area contributed by atoms with E-state index in [1.165, 1.54) is 24.6 Å². The molecule has 114 valence electrons. The van der Waals surface area contributed by atoms with Crippen molar-refractivity contribution in [3.8, 4) is 0 Å². The summed E-state index contributed by atoms with van der Waals surface area (Å²) in [6, 6.07) is 9.93. The number of benzene rings is 1. The Bertz CT molecular complexity index is 804. The first-order valence-electron chi connectivity index (χ1n) is 6.84. The van der Waals surface area contributed by atoms with E-state index in [1.54, 1.807) is 30.3 Å². The maximum Gasteiger partial charge on any atom is 0.270 e. The number of carbonyl (C=O) groups excluding carboxylic acids is 1. The van der Waals surface area contributed by atoms with E-state index in [4.69, 9.17) is 4.42 Å². The minimum absolute atomic E-state index is 0.0646. The SMILES string of the molecule is Cc1ccc(S(=O)(=O)N2C=CC(c3ccco3)CC2=O)cc1. The summed E-state index contributed by atoms with van der Waals surface area (Å²) in [6.45, 7) is 1.87. The second-order valence-electron chi connectivity index (χ2n) is 5.18. The highest BCUT2D eigenvalue weighted by Crippen LogP contribution is 2.29. The molecule has 0 fully saturated rings. The number of rotatable bonds is 3. The Morgan fingerprint density at radius 3 is 2.50 bits per heavy atom. The van der Waals surface area contributed by atoms with E-state index in [2.05, 4.69) is 0 Å². The van der Waals surface area contributed by atoms with Crippen molar-refractivity contribution in [2.24, 2.45) is 0 Å². The predicted molar refractivity (Wildman–Crippen MR) is 80.4 cm³/mol. The van der Waals surface area contributed by atoms with Crippen LogP contribution in [0.3, 0.4) is 0 Å². The van der Waals surface area contributed by atoms with Gasteiger partial charge in [-0.1, -0.05) is 23.8 Å². The molecule has 3 rings (SSSR count). The zero-order valence-corrected chi connectivity index (χ0v) is 12.8. The van der Waals surface area contributed by atoms with Crippen LogP contribution in [0.1, 0.15) is 23.7 Å². The van der Waals surface area contributed by atoms with Crippen LogP contribution in [0.15, 0.2) is 64.2 Å². The largest absolute Gasteiger partial charge is 0.469 e. The lowest BCUT2D eigenvalue weighted by molar-refractivity contribution is -0.125. The number of hydrogen-bond acceptors (Lipinski definition) is 4. The highest BCUT2D eigenvalue weighted by atomic mass is 32.2. The average molecular weight is 317 g/mol. The number of nitrogens with zero attached hydrogens (tertiary/aromatic N) is 1. The molecule has 2 aromatic rings. The van der Waals surface area contributed by atoms with Crippen molar-refractivity contribution in [2.75, 3.05) is 0 Å². The van der Waals surface area contributed by atoms with E-state index in [9.17, 15) is 13.2 Å². The van der Waals surface area contributed by atoms with Crippen LogP contribution in [-0.4, -0.2) is 18.6 Å². The molecule has 1 aromatic heterocycles. The normalized spacial score (nSPS) is 18.7. The van der Waals surface area contributed by atoms with Gasteiger partial charge in [0, 0.05) is 18.5 Å². The molecule has 0 spiro atoms. The molecule has 6 heteroatoms. The highest BCUT2D eigenvalue weighted by molar-refractivity contribution is 7.89. The van der Waals surface area contributed by atoms with Crippen LogP contribution in [0.2, 0.25) is 0 Å². The fourth-order valence-corrected chi connectivity index (χ4v) is 3.63. The van der Waals surface area contributed by atoms with Crippen molar-refractivity contribution in [2.45, 2.75) is 24.2 Å². The number of amides is 1. The van der Waals surface area contributed by atoms with Crippen LogP contribution < -0.4 is 0 Å². The molecule has 0 saturated heterocycles. The van der Waals surface area contributed by atoms with Crippen LogP contribution in [0, 0.1) is 6.92 Å². The average Bonchev–Trinajstić information content (AvgIpc) is 3.01. The fourth-order valence-electron chi connectivity index (χ4n) is 2.35. The summed E-state index contributed by atoms with van der Waals surface area (Å²) in [5.41, 5.74) is 0.956. The molecular weight excluding hydrogens is 302 g/mol. The van der Waals surface area contributed by atoms with Crippen molar-refractivity contribution in [3.63, 3.8) is 0 Å². The third kappa shape index (κ3) is 2.57. The molecule has 0 bridgehead atoms. The lowest BCUT2D eigenvalue weighted by Crippen LogP contribution is -2.35. The lowest BCUT2D eigenvalue weighted by atomic mass is 10.00. The Hall–Kier alpha value is -2.34. The summed E-state index contributed by atoms with van der Waals surface area (Å²) < 4.78 is 31.1. The standard InChI is InChI=1S/C16H15NO4S/c1-12-4-6-14(7-5-12)22(19,20)17-9-8-13(11-16(17)18)15-3-2-10-21-15/h2-10,13H,11H2,1H3. The van der Waals surface area contributed by atoms with Crippen molar-refractivity contribution in [1.29, 1.82) is 0 Å². The quantitative estimate of drug-likeness (QED) is 0.873. The summed E-state index contributed by atoms with van der Waals surface area (Å²) in [4.78, 5) is 12.3. The van der Waals surface area contributed by atoms with Crippen molar-refractivity contribution in [1.82, 2.24) is 4.31 Å². The predicted octanol–water partition coefficient (Wildman–Crippen LogP) is 2.81. The zero-order valence-electron chi connectivity index (χ0n) is 12.0. The number of furan rings is 1. The number of aryl methyl sites for hydroxylation is 1. The van der Waals surface area contributed by atoms with Crippen LogP contribution in [0.5, 0.6) is 0 Å². The molecule has 0 radical (unpaired) electrons. The van der Waals surface area contributed by atoms with Crippen LogP contribution in [-0.2, 0) is 14.8 Å². The van der Waals surface area contributed by atoms with Gasteiger partial charge in [-0.3, -0.25) is 4.79 Å². The number of hydrogen-bond donors (Lipinski definition) is 0. The van der Waals surface area contributed by atoms with Gasteiger partial charge in [-0.15, -0.1) is 0 Å². The summed E-state index contributed by atoms with van der Waals surface area (Å²) in [5.74, 6) is -0.0478. The van der Waals surface area contributed by atoms with Gasteiger partial charge in [-0.2, -0.15) is 0 Å². The van der Waals surface area contributed by atoms with Gasteiger partial charge in [-0.25, -0.2) is 12.7 Å². The molecule has 2 heterocycles. The first kappa shape index (κ1) is 14.6. The highest BCUT2D eigenvalue weighted by Gasteiger charge is 2.32. The molecule has 1 amide bonds. The second kappa shape index (κ2) is 5.46. The number of allylic oxidation sites excluding steroid dienone is 1. The van der Waals surface area contributed by atoms with Crippen LogP contribution in [0.25, 0.3) is 0 Å². The molecule has 1 aliphatic rings. The van der Waals surface area contributed by atoms with E-state index in [1.807, 2.05) is 6.92 Å². The Morgan fingerprint density at radius 1 is 1.18 bits per heavy atom. The van der Waals surface area contributed by atoms with Crippen LogP contribution in [0.4, 0.5) is 0 Å². The van der Waals surface area contributed by atoms with Gasteiger partial charge < -0.3 is 4.42 Å². The Labute approximate surface area is 128 Å². The summed E-state index contributed by atoms with van der Waals surface area (Å²) >= 11 is 0. The monoisotopic (exact) mass is 317 g/mol. The van der Waals surface area contributed by atoms with E-state index in [-0.39, 0.29) is 17.2 Å². The third-order valence-corrected chi connectivity index (χ3v) is 5.29. The lowest BCUT2D eigenvalue weighted by Gasteiger charge is -2.24. The fraction of sp³-hybridized carbons (Fsp3) is 0.188. The minimum Gasteiger partial charge on any atom is -0.469 e. The van der Waals surface area contributed by atoms with Gasteiger partial charge in [0.1, 0.15) is 5.76 Å². The van der Waals surface area contributed by atoms with E-state index >= 15 is 0 Å². The topological polar surface area (TPSA) is 67.6 Å². The van der Waals surface area contributed by atoms with Gasteiger partial charge in [0.05, 0.1) is 11.2 Å². The molecule has 1 aromatic carbocycles. The zero-order chi connectivity index (χ0) is 15.7. The van der Waals surface area contributed by atoms with E-state index in [0.29, 0.717) is 5.76 Å². The molecule has 5 nitrogen and oxygen atoms in total. The first-order valence-corrected chi connectivity index (χ1v) is 8.28. The Balaban J connectivity index is 1.90. The third-order valence-electron chi connectivity index (χ3n) is 3.58. The minimum atomic E-state index is -3.85. The molecule has 1 atom stereocenters. The summed E-state index contributed by atoms with van der Waals surface area (Å²) in [6.07, 6.45) is 4.58. The molecule has 0 aliphatic carbocycles. The molecule has 1 aliphatic heterocycles.